The van der Waals surface area contributed by atoms with Gasteiger partial charge in [0.15, 0.2) is 0 Å². The van der Waals surface area contributed by atoms with Crippen LogP contribution in [-0.2, 0) is 11.2 Å². The van der Waals surface area contributed by atoms with Crippen LogP contribution in [-0.4, -0.2) is 19.8 Å². The van der Waals surface area contributed by atoms with E-state index in [1.54, 1.807) is 0 Å². The second-order valence-electron chi connectivity index (χ2n) is 6.25. The van der Waals surface area contributed by atoms with Gasteiger partial charge in [-0.05, 0) is 43.9 Å². The molecule has 3 atom stereocenters. The van der Waals surface area contributed by atoms with Crippen LogP contribution in [0.25, 0.3) is 0 Å². The topological polar surface area (TPSA) is 21.3 Å². The van der Waals surface area contributed by atoms with Gasteiger partial charge in [-0.15, -0.1) is 0 Å². The summed E-state index contributed by atoms with van der Waals surface area (Å²) in [6, 6.07) is 9.45. The minimum atomic E-state index is 0.402. The summed E-state index contributed by atoms with van der Waals surface area (Å²) < 4.78 is 5.72. The van der Waals surface area contributed by atoms with Crippen molar-refractivity contribution < 1.29 is 4.74 Å². The molecule has 1 N–H and O–H groups in total. The average molecular weight is 261 g/mol. The van der Waals surface area contributed by atoms with Gasteiger partial charge in [-0.25, -0.2) is 0 Å². The van der Waals surface area contributed by atoms with Gasteiger partial charge >= 0.3 is 0 Å². The predicted octanol–water partition coefficient (Wildman–Crippen LogP) is 3.57. The van der Waals surface area contributed by atoms with E-state index in [0.29, 0.717) is 24.0 Å². The highest BCUT2D eigenvalue weighted by Crippen LogP contribution is 2.31. The fourth-order valence-corrected chi connectivity index (χ4v) is 3.14. The van der Waals surface area contributed by atoms with E-state index in [9.17, 15) is 0 Å². The monoisotopic (exact) mass is 261 g/mol. The normalized spacial score (nSPS) is 24.9. The van der Waals surface area contributed by atoms with Gasteiger partial charge in [0.1, 0.15) is 0 Å². The Hall–Kier alpha value is -0.860. The van der Waals surface area contributed by atoms with Crippen molar-refractivity contribution in [1.29, 1.82) is 0 Å². The van der Waals surface area contributed by atoms with Crippen molar-refractivity contribution in [2.24, 2.45) is 11.8 Å². The largest absolute Gasteiger partial charge is 0.378 e. The summed E-state index contributed by atoms with van der Waals surface area (Å²) >= 11 is 0. The molecule has 0 aromatic heterocycles. The van der Waals surface area contributed by atoms with Crippen LogP contribution in [0.4, 0.5) is 0 Å². The van der Waals surface area contributed by atoms with E-state index < -0.39 is 0 Å². The highest BCUT2D eigenvalue weighted by molar-refractivity contribution is 5.27. The summed E-state index contributed by atoms with van der Waals surface area (Å²) in [5.74, 6) is 1.30. The highest BCUT2D eigenvalue weighted by Gasteiger charge is 2.29. The molecule has 1 aromatic rings. The third-order valence-corrected chi connectivity index (χ3v) is 3.97. The molecule has 0 amide bonds. The number of hydrogen-bond donors (Lipinski definition) is 1. The first-order valence-electron chi connectivity index (χ1n) is 7.48. The van der Waals surface area contributed by atoms with E-state index in [4.69, 9.17) is 4.74 Å². The molecule has 1 aromatic carbocycles. The molecule has 0 radical (unpaired) electrons. The Morgan fingerprint density at radius 2 is 2.16 bits per heavy atom. The minimum Gasteiger partial charge on any atom is -0.378 e. The fraction of sp³-hybridized carbons (Fsp3) is 0.647. The maximum atomic E-state index is 5.72. The van der Waals surface area contributed by atoms with E-state index in [1.807, 2.05) is 0 Å². The summed E-state index contributed by atoms with van der Waals surface area (Å²) in [6.07, 6.45) is 2.71. The SMILES string of the molecule is CNC(c1cccc(CC(C)C)c1)C1COC(C)C1. The Morgan fingerprint density at radius 1 is 1.37 bits per heavy atom. The molecule has 1 aliphatic heterocycles. The lowest BCUT2D eigenvalue weighted by Crippen LogP contribution is -2.25. The maximum Gasteiger partial charge on any atom is 0.0551 e. The zero-order valence-corrected chi connectivity index (χ0v) is 12.6. The number of rotatable bonds is 5. The molecule has 2 rings (SSSR count). The lowest BCUT2D eigenvalue weighted by atomic mass is 9.89. The number of ether oxygens (including phenoxy) is 1. The summed E-state index contributed by atoms with van der Waals surface area (Å²) in [5.41, 5.74) is 2.85. The molecule has 0 saturated carbocycles. The minimum absolute atomic E-state index is 0.402. The molecule has 1 saturated heterocycles. The molecule has 3 unspecified atom stereocenters. The molecule has 0 aliphatic carbocycles. The molecule has 19 heavy (non-hydrogen) atoms. The van der Waals surface area contributed by atoms with Gasteiger partial charge in [-0.1, -0.05) is 38.1 Å². The number of nitrogens with one attached hydrogen (secondary N) is 1. The molecule has 2 heteroatoms. The third kappa shape index (κ3) is 3.80. The van der Waals surface area contributed by atoms with Crippen LogP contribution in [0.2, 0.25) is 0 Å². The molecule has 1 aliphatic rings. The Balaban J connectivity index is 2.13. The molecule has 106 valence electrons. The van der Waals surface area contributed by atoms with Gasteiger partial charge < -0.3 is 10.1 Å². The molecule has 0 bridgehead atoms. The van der Waals surface area contributed by atoms with Crippen LogP contribution in [0, 0.1) is 11.8 Å². The molecular weight excluding hydrogens is 234 g/mol. The lowest BCUT2D eigenvalue weighted by molar-refractivity contribution is 0.117. The molecule has 0 spiro atoms. The second kappa shape index (κ2) is 6.53. The zero-order chi connectivity index (χ0) is 13.8. The maximum absolute atomic E-state index is 5.72. The van der Waals surface area contributed by atoms with Gasteiger partial charge in [0, 0.05) is 12.0 Å². The first-order valence-corrected chi connectivity index (χ1v) is 7.48. The third-order valence-electron chi connectivity index (χ3n) is 3.97. The van der Waals surface area contributed by atoms with Crippen molar-refractivity contribution in [3.63, 3.8) is 0 Å². The summed E-state index contributed by atoms with van der Waals surface area (Å²) in [5, 5.41) is 3.48. The van der Waals surface area contributed by atoms with Gasteiger partial charge in [-0.2, -0.15) is 0 Å². The van der Waals surface area contributed by atoms with E-state index in [0.717, 1.165) is 19.4 Å². The van der Waals surface area contributed by atoms with Crippen molar-refractivity contribution in [3.8, 4) is 0 Å². The van der Waals surface area contributed by atoms with Gasteiger partial charge in [0.2, 0.25) is 0 Å². The second-order valence-corrected chi connectivity index (χ2v) is 6.25. The van der Waals surface area contributed by atoms with Crippen LogP contribution in [0.5, 0.6) is 0 Å². The van der Waals surface area contributed by atoms with E-state index >= 15 is 0 Å². The van der Waals surface area contributed by atoms with Gasteiger partial charge in [0.25, 0.3) is 0 Å². The molecule has 2 nitrogen and oxygen atoms in total. The van der Waals surface area contributed by atoms with Crippen molar-refractivity contribution in [2.45, 2.75) is 45.8 Å². The van der Waals surface area contributed by atoms with E-state index in [1.165, 1.54) is 11.1 Å². The summed E-state index contributed by atoms with van der Waals surface area (Å²) in [7, 11) is 2.06. The van der Waals surface area contributed by atoms with E-state index in [-0.39, 0.29) is 0 Å². The number of benzene rings is 1. The first-order chi connectivity index (χ1) is 9.10. The smallest absolute Gasteiger partial charge is 0.0551 e. The van der Waals surface area contributed by atoms with Crippen LogP contribution in [0.15, 0.2) is 24.3 Å². The standard InChI is InChI=1S/C17H27NO/c1-12(2)8-14-6-5-7-15(10-14)17(18-4)16-9-13(3)19-11-16/h5-7,10,12-13,16-18H,8-9,11H2,1-4H3. The van der Waals surface area contributed by atoms with Crippen molar-refractivity contribution in [3.05, 3.63) is 35.4 Å². The van der Waals surface area contributed by atoms with Crippen LogP contribution < -0.4 is 5.32 Å². The van der Waals surface area contributed by atoms with Crippen LogP contribution in [0.1, 0.15) is 44.4 Å². The summed E-state index contributed by atoms with van der Waals surface area (Å²) in [6.45, 7) is 7.59. The average Bonchev–Trinajstić information content (AvgIpc) is 2.76. The van der Waals surface area contributed by atoms with Crippen molar-refractivity contribution in [2.75, 3.05) is 13.7 Å². The Labute approximate surface area is 117 Å². The zero-order valence-electron chi connectivity index (χ0n) is 12.6. The number of hydrogen-bond acceptors (Lipinski definition) is 2. The molecule has 1 fully saturated rings. The van der Waals surface area contributed by atoms with Crippen LogP contribution in [0.3, 0.4) is 0 Å². The molecular formula is C17H27NO. The van der Waals surface area contributed by atoms with Crippen molar-refractivity contribution >= 4 is 0 Å². The predicted molar refractivity (Wildman–Crippen MR) is 80.3 cm³/mol. The first kappa shape index (κ1) is 14.5. The van der Waals surface area contributed by atoms with Crippen molar-refractivity contribution in [1.82, 2.24) is 5.32 Å². The van der Waals surface area contributed by atoms with Gasteiger partial charge in [-0.3, -0.25) is 0 Å². The Bertz CT molecular complexity index is 402. The molecule has 1 heterocycles. The van der Waals surface area contributed by atoms with Gasteiger partial charge in [0.05, 0.1) is 12.7 Å². The Morgan fingerprint density at radius 3 is 2.74 bits per heavy atom. The van der Waals surface area contributed by atoms with E-state index in [2.05, 4.69) is 57.4 Å². The summed E-state index contributed by atoms with van der Waals surface area (Å²) in [4.78, 5) is 0. The van der Waals surface area contributed by atoms with Crippen LogP contribution >= 0.6 is 0 Å². The lowest BCUT2D eigenvalue weighted by Gasteiger charge is -2.23. The quantitative estimate of drug-likeness (QED) is 0.875. The Kier molecular flexibility index (Phi) is 5.00. The fourth-order valence-electron chi connectivity index (χ4n) is 3.14. The highest BCUT2D eigenvalue weighted by atomic mass is 16.5.